The Morgan fingerprint density at radius 3 is 2.33 bits per heavy atom. The summed E-state index contributed by atoms with van der Waals surface area (Å²) in [6.07, 6.45) is 10.3. The van der Waals surface area contributed by atoms with Gasteiger partial charge in [-0.2, -0.15) is 0 Å². The molecule has 2 aliphatic carbocycles. The van der Waals surface area contributed by atoms with Gasteiger partial charge in [0, 0.05) is 0 Å². The Kier molecular flexibility index (Phi) is 3.51. The van der Waals surface area contributed by atoms with Gasteiger partial charge in [0.05, 0.1) is 6.10 Å². The van der Waals surface area contributed by atoms with Crippen LogP contribution < -0.4 is 0 Å². The van der Waals surface area contributed by atoms with E-state index in [-0.39, 0.29) is 6.10 Å². The van der Waals surface area contributed by atoms with Gasteiger partial charge in [-0.25, -0.2) is 0 Å². The second kappa shape index (κ2) is 5.27. The molecule has 0 aliphatic heterocycles. The Labute approximate surface area is 110 Å². The summed E-state index contributed by atoms with van der Waals surface area (Å²) in [5, 5.41) is 9.83. The molecule has 18 heavy (non-hydrogen) atoms. The zero-order chi connectivity index (χ0) is 12.4. The molecule has 3 rings (SSSR count). The molecule has 1 saturated carbocycles. The fourth-order valence-electron chi connectivity index (χ4n) is 3.02. The third-order valence-corrected chi connectivity index (χ3v) is 4.45. The number of rotatable bonds is 2. The molecule has 1 atom stereocenters. The first kappa shape index (κ1) is 12.0. The van der Waals surface area contributed by atoms with Gasteiger partial charge in [-0.05, 0) is 54.7 Å². The molecule has 1 aromatic rings. The predicted molar refractivity (Wildman–Crippen MR) is 75.5 cm³/mol. The first-order valence-corrected chi connectivity index (χ1v) is 7.32. The van der Waals surface area contributed by atoms with Crippen molar-refractivity contribution in [2.75, 3.05) is 0 Å². The van der Waals surface area contributed by atoms with Crippen molar-refractivity contribution in [3.8, 4) is 0 Å². The van der Waals surface area contributed by atoms with E-state index < -0.39 is 0 Å². The van der Waals surface area contributed by atoms with Crippen molar-refractivity contribution in [3.05, 3.63) is 41.5 Å². The predicted octanol–water partition coefficient (Wildman–Crippen LogP) is 4.27. The normalized spacial score (nSPS) is 25.2. The highest BCUT2D eigenvalue weighted by molar-refractivity contribution is 5.66. The molecule has 0 heterocycles. The molecule has 1 N–H and O–H groups in total. The first-order chi connectivity index (χ1) is 8.83. The van der Waals surface area contributed by atoms with Crippen molar-refractivity contribution < 1.29 is 5.11 Å². The molecule has 96 valence electrons. The number of aliphatic hydroxyl groups is 1. The topological polar surface area (TPSA) is 20.2 Å². The Morgan fingerprint density at radius 1 is 0.889 bits per heavy atom. The summed E-state index contributed by atoms with van der Waals surface area (Å²) < 4.78 is 0. The zero-order valence-corrected chi connectivity index (χ0v) is 10.9. The maximum Gasteiger partial charge on any atom is 0.0726 e. The minimum Gasteiger partial charge on any atom is -0.389 e. The molecule has 1 fully saturated rings. The molecular formula is C17H22O. The molecule has 0 spiro atoms. The van der Waals surface area contributed by atoms with Gasteiger partial charge in [0.2, 0.25) is 0 Å². The van der Waals surface area contributed by atoms with Crippen molar-refractivity contribution in [2.45, 2.75) is 57.0 Å². The van der Waals surface area contributed by atoms with Gasteiger partial charge in [0.1, 0.15) is 0 Å². The number of hydrogen-bond acceptors (Lipinski definition) is 1. The number of hydrogen-bond donors (Lipinski definition) is 1. The molecule has 0 aromatic heterocycles. The SMILES string of the molecule is OC1C=C(c2ccc(C3CCC3)cc2)CCCC1. The van der Waals surface area contributed by atoms with E-state index >= 15 is 0 Å². The van der Waals surface area contributed by atoms with E-state index in [1.54, 1.807) is 0 Å². The summed E-state index contributed by atoms with van der Waals surface area (Å²) in [6, 6.07) is 9.07. The molecule has 1 nitrogen and oxygen atoms in total. The lowest BCUT2D eigenvalue weighted by molar-refractivity contribution is 0.211. The van der Waals surface area contributed by atoms with E-state index in [4.69, 9.17) is 0 Å². The molecule has 1 heteroatoms. The van der Waals surface area contributed by atoms with Gasteiger partial charge in [0.25, 0.3) is 0 Å². The van der Waals surface area contributed by atoms with Crippen LogP contribution in [0.25, 0.3) is 5.57 Å². The lowest BCUT2D eigenvalue weighted by atomic mass is 9.80. The summed E-state index contributed by atoms with van der Waals surface area (Å²) in [5.74, 6) is 0.813. The molecule has 1 unspecified atom stereocenters. The van der Waals surface area contributed by atoms with Crippen LogP contribution in [0.3, 0.4) is 0 Å². The van der Waals surface area contributed by atoms with E-state index in [2.05, 4.69) is 30.3 Å². The Hall–Kier alpha value is -1.08. The summed E-state index contributed by atoms with van der Waals surface area (Å²) in [6.45, 7) is 0. The summed E-state index contributed by atoms with van der Waals surface area (Å²) >= 11 is 0. The standard InChI is InChI=1S/C17H22O/c18-17-7-2-1-4-16(12-17)15-10-8-14(9-11-15)13-5-3-6-13/h8-13,17-18H,1-7H2. The maximum atomic E-state index is 9.83. The van der Waals surface area contributed by atoms with Crippen LogP contribution in [-0.4, -0.2) is 11.2 Å². The highest BCUT2D eigenvalue weighted by Crippen LogP contribution is 2.37. The van der Waals surface area contributed by atoms with Crippen molar-refractivity contribution in [1.29, 1.82) is 0 Å². The van der Waals surface area contributed by atoms with Crippen LogP contribution >= 0.6 is 0 Å². The fourth-order valence-corrected chi connectivity index (χ4v) is 3.02. The van der Waals surface area contributed by atoms with E-state index in [1.807, 2.05) is 0 Å². The minimum atomic E-state index is -0.242. The highest BCUT2D eigenvalue weighted by Gasteiger charge is 2.19. The van der Waals surface area contributed by atoms with E-state index in [9.17, 15) is 5.11 Å². The largest absolute Gasteiger partial charge is 0.389 e. The third kappa shape index (κ3) is 2.51. The lowest BCUT2D eigenvalue weighted by Crippen LogP contribution is -2.08. The molecular weight excluding hydrogens is 220 g/mol. The molecule has 0 bridgehead atoms. The van der Waals surface area contributed by atoms with E-state index in [0.29, 0.717) is 0 Å². The van der Waals surface area contributed by atoms with Gasteiger partial charge < -0.3 is 5.11 Å². The van der Waals surface area contributed by atoms with Crippen molar-refractivity contribution >= 4 is 5.57 Å². The average Bonchev–Trinajstić information content (AvgIpc) is 2.53. The zero-order valence-electron chi connectivity index (χ0n) is 10.9. The van der Waals surface area contributed by atoms with Crippen molar-refractivity contribution in [3.63, 3.8) is 0 Å². The number of aliphatic hydroxyl groups excluding tert-OH is 1. The molecule has 0 amide bonds. The van der Waals surface area contributed by atoms with Crippen LogP contribution in [0.1, 0.15) is 62.0 Å². The number of benzene rings is 1. The van der Waals surface area contributed by atoms with Crippen LogP contribution in [0, 0.1) is 0 Å². The summed E-state index contributed by atoms with van der Waals surface area (Å²) in [5.41, 5.74) is 4.14. The van der Waals surface area contributed by atoms with Crippen molar-refractivity contribution in [1.82, 2.24) is 0 Å². The van der Waals surface area contributed by atoms with E-state index in [0.717, 1.165) is 25.2 Å². The third-order valence-electron chi connectivity index (χ3n) is 4.45. The highest BCUT2D eigenvalue weighted by atomic mass is 16.3. The molecule has 0 radical (unpaired) electrons. The first-order valence-electron chi connectivity index (χ1n) is 7.32. The Morgan fingerprint density at radius 2 is 1.67 bits per heavy atom. The van der Waals surface area contributed by atoms with Crippen LogP contribution in [0.4, 0.5) is 0 Å². The fraction of sp³-hybridized carbons (Fsp3) is 0.529. The van der Waals surface area contributed by atoms with Gasteiger partial charge in [-0.3, -0.25) is 0 Å². The second-order valence-electron chi connectivity index (χ2n) is 5.75. The van der Waals surface area contributed by atoms with Gasteiger partial charge in [-0.15, -0.1) is 0 Å². The maximum absolute atomic E-state index is 9.83. The lowest BCUT2D eigenvalue weighted by Gasteiger charge is -2.26. The van der Waals surface area contributed by atoms with Crippen LogP contribution in [0.15, 0.2) is 30.3 Å². The van der Waals surface area contributed by atoms with Crippen molar-refractivity contribution in [2.24, 2.45) is 0 Å². The van der Waals surface area contributed by atoms with Gasteiger partial charge in [-0.1, -0.05) is 43.2 Å². The smallest absolute Gasteiger partial charge is 0.0726 e. The summed E-state index contributed by atoms with van der Waals surface area (Å²) in [7, 11) is 0. The monoisotopic (exact) mass is 242 g/mol. The molecule has 1 aromatic carbocycles. The Bertz CT molecular complexity index is 425. The molecule has 0 saturated heterocycles. The van der Waals surface area contributed by atoms with Crippen LogP contribution in [0.2, 0.25) is 0 Å². The second-order valence-corrected chi connectivity index (χ2v) is 5.75. The van der Waals surface area contributed by atoms with Crippen LogP contribution in [0.5, 0.6) is 0 Å². The number of allylic oxidation sites excluding steroid dienone is 1. The van der Waals surface area contributed by atoms with Gasteiger partial charge >= 0.3 is 0 Å². The van der Waals surface area contributed by atoms with E-state index in [1.165, 1.54) is 42.4 Å². The van der Waals surface area contributed by atoms with Crippen LogP contribution in [-0.2, 0) is 0 Å². The molecule has 2 aliphatic rings. The quantitative estimate of drug-likeness (QED) is 0.821. The minimum absolute atomic E-state index is 0.242. The average molecular weight is 242 g/mol. The Balaban J connectivity index is 1.78. The van der Waals surface area contributed by atoms with Gasteiger partial charge in [0.15, 0.2) is 0 Å². The summed E-state index contributed by atoms with van der Waals surface area (Å²) in [4.78, 5) is 0.